The monoisotopic (exact) mass is 196 g/mol. The average Bonchev–Trinajstić information content (AvgIpc) is 2.41. The van der Waals surface area contributed by atoms with Gasteiger partial charge in [-0.2, -0.15) is 0 Å². The minimum absolute atomic E-state index is 0.248. The topological polar surface area (TPSA) is 24.5 Å². The van der Waals surface area contributed by atoms with E-state index in [2.05, 4.69) is 37.6 Å². The van der Waals surface area contributed by atoms with Crippen LogP contribution >= 0.6 is 0 Å². The van der Waals surface area contributed by atoms with Gasteiger partial charge in [0.2, 0.25) is 0 Å². The highest BCUT2D eigenvalue weighted by atomic mass is 16.5. The number of likely N-dealkylation sites (tertiary alicyclic amines) is 1. The number of ether oxygens (including phenoxy) is 1. The summed E-state index contributed by atoms with van der Waals surface area (Å²) in [7, 11) is 0. The third-order valence-corrected chi connectivity index (χ3v) is 3.15. The predicted molar refractivity (Wildman–Crippen MR) is 56.9 cm³/mol. The summed E-state index contributed by atoms with van der Waals surface area (Å²) in [6, 6.07) is 0.487. The Balaban J connectivity index is 2.01. The Kier molecular flexibility index (Phi) is 2.22. The Morgan fingerprint density at radius 3 is 2.86 bits per heavy atom. The zero-order valence-electron chi connectivity index (χ0n) is 9.34. The molecule has 2 fully saturated rings. The molecule has 0 spiro atoms. The quantitative estimate of drug-likeness (QED) is 0.632. The van der Waals surface area contributed by atoms with Crippen molar-refractivity contribution in [3.05, 3.63) is 12.5 Å². The van der Waals surface area contributed by atoms with Crippen molar-refractivity contribution >= 4 is 0 Å². The molecule has 0 radical (unpaired) electrons. The van der Waals surface area contributed by atoms with Gasteiger partial charge < -0.3 is 10.1 Å². The van der Waals surface area contributed by atoms with Gasteiger partial charge in [-0.1, -0.05) is 0 Å². The first-order chi connectivity index (χ1) is 6.47. The van der Waals surface area contributed by atoms with Crippen LogP contribution in [0.25, 0.3) is 0 Å². The minimum Gasteiger partial charge on any atom is -0.473 e. The summed E-state index contributed by atoms with van der Waals surface area (Å²) in [5.74, 6) is 0.746. The lowest BCUT2D eigenvalue weighted by Gasteiger charge is -2.41. The second-order valence-corrected chi connectivity index (χ2v) is 5.24. The van der Waals surface area contributed by atoms with Gasteiger partial charge >= 0.3 is 0 Å². The van der Waals surface area contributed by atoms with Crippen LogP contribution in [0, 0.1) is 0 Å². The summed E-state index contributed by atoms with van der Waals surface area (Å²) in [6.07, 6.45) is 1.46. The minimum atomic E-state index is 0.248. The molecule has 2 rings (SSSR count). The van der Waals surface area contributed by atoms with Gasteiger partial charge in [-0.25, -0.2) is 0 Å². The summed E-state index contributed by atoms with van der Waals surface area (Å²) >= 11 is 0. The maximum Gasteiger partial charge on any atom is 0.180 e. The fraction of sp³-hybridized carbons (Fsp3) is 0.818. The van der Waals surface area contributed by atoms with Crippen molar-refractivity contribution in [1.29, 1.82) is 0 Å². The van der Waals surface area contributed by atoms with E-state index in [1.54, 1.807) is 0 Å². The molecule has 0 amide bonds. The number of fused-ring (bicyclic) bond motifs is 1. The lowest BCUT2D eigenvalue weighted by Crippen LogP contribution is -2.54. The first-order valence-corrected chi connectivity index (χ1v) is 5.34. The maximum atomic E-state index is 5.64. The summed E-state index contributed by atoms with van der Waals surface area (Å²) in [5, 5.41) is 3.28. The van der Waals surface area contributed by atoms with Crippen LogP contribution in [0.3, 0.4) is 0 Å². The normalized spacial score (nSPS) is 33.5. The van der Waals surface area contributed by atoms with Crippen LogP contribution < -0.4 is 5.32 Å². The second-order valence-electron chi connectivity index (χ2n) is 5.24. The van der Waals surface area contributed by atoms with Crippen molar-refractivity contribution in [2.75, 3.05) is 13.1 Å². The Labute approximate surface area is 86.1 Å². The van der Waals surface area contributed by atoms with Crippen molar-refractivity contribution in [3.8, 4) is 0 Å². The number of nitrogens with one attached hydrogen (secondary N) is 1. The largest absolute Gasteiger partial charge is 0.473 e. The molecule has 0 aromatic heterocycles. The Bertz CT molecular complexity index is 244. The van der Waals surface area contributed by atoms with Gasteiger partial charge in [-0.15, -0.1) is 0 Å². The molecule has 0 saturated carbocycles. The molecular weight excluding hydrogens is 176 g/mol. The summed E-state index contributed by atoms with van der Waals surface area (Å²) in [6.45, 7) is 12.7. The van der Waals surface area contributed by atoms with E-state index in [1.807, 2.05) is 0 Å². The molecule has 0 aromatic carbocycles. The van der Waals surface area contributed by atoms with Crippen molar-refractivity contribution in [3.63, 3.8) is 0 Å². The molecule has 80 valence electrons. The smallest absolute Gasteiger partial charge is 0.180 e. The van der Waals surface area contributed by atoms with Gasteiger partial charge in [-0.05, 0) is 33.8 Å². The highest BCUT2D eigenvalue weighted by molar-refractivity contribution is 5.02. The van der Waals surface area contributed by atoms with E-state index in [-0.39, 0.29) is 5.54 Å². The molecule has 2 aliphatic rings. The first-order valence-electron chi connectivity index (χ1n) is 5.34. The summed E-state index contributed by atoms with van der Waals surface area (Å²) in [4.78, 5) is 2.48. The van der Waals surface area contributed by atoms with Gasteiger partial charge in [0.25, 0.3) is 0 Å². The number of rotatable bonds is 0. The molecule has 3 heteroatoms. The Hall–Kier alpha value is -0.700. The molecule has 14 heavy (non-hydrogen) atoms. The van der Waals surface area contributed by atoms with Crippen molar-refractivity contribution in [2.45, 2.75) is 44.9 Å². The molecule has 0 aromatic rings. The third-order valence-electron chi connectivity index (χ3n) is 3.15. The number of nitrogens with zero attached hydrogens (tertiary/aromatic N) is 1. The SMILES string of the molecule is C=C1NC2CCN(C(C)(C)C)CC2O1. The van der Waals surface area contributed by atoms with Gasteiger partial charge in [0, 0.05) is 18.6 Å². The molecular formula is C11H20N2O. The van der Waals surface area contributed by atoms with Crippen molar-refractivity contribution in [1.82, 2.24) is 10.2 Å². The van der Waals surface area contributed by atoms with Gasteiger partial charge in [0.15, 0.2) is 5.88 Å². The van der Waals surface area contributed by atoms with Crippen LogP contribution in [0.1, 0.15) is 27.2 Å². The first kappa shape index (κ1) is 9.84. The zero-order valence-corrected chi connectivity index (χ0v) is 9.34. The number of hydrogen-bond acceptors (Lipinski definition) is 3. The third kappa shape index (κ3) is 1.73. The highest BCUT2D eigenvalue weighted by Gasteiger charge is 2.38. The second kappa shape index (κ2) is 3.16. The van der Waals surface area contributed by atoms with E-state index in [0.717, 1.165) is 25.4 Å². The number of piperidine rings is 1. The van der Waals surface area contributed by atoms with E-state index in [0.29, 0.717) is 12.1 Å². The predicted octanol–water partition coefficient (Wildman–Crippen LogP) is 1.32. The number of hydrogen-bond donors (Lipinski definition) is 1. The summed E-state index contributed by atoms with van der Waals surface area (Å²) < 4.78 is 5.64. The van der Waals surface area contributed by atoms with Crippen LogP contribution in [0.4, 0.5) is 0 Å². The molecule has 2 unspecified atom stereocenters. The van der Waals surface area contributed by atoms with Crippen LogP contribution in [-0.4, -0.2) is 35.7 Å². The van der Waals surface area contributed by atoms with Crippen molar-refractivity contribution in [2.24, 2.45) is 0 Å². The Morgan fingerprint density at radius 2 is 2.21 bits per heavy atom. The molecule has 2 aliphatic heterocycles. The molecule has 0 bridgehead atoms. The highest BCUT2D eigenvalue weighted by Crippen LogP contribution is 2.26. The zero-order chi connectivity index (χ0) is 10.3. The molecule has 2 heterocycles. The van der Waals surface area contributed by atoms with E-state index >= 15 is 0 Å². The lowest BCUT2D eigenvalue weighted by atomic mass is 9.97. The van der Waals surface area contributed by atoms with Gasteiger partial charge in [0.05, 0.1) is 6.04 Å². The van der Waals surface area contributed by atoms with E-state index in [4.69, 9.17) is 4.74 Å². The molecule has 3 nitrogen and oxygen atoms in total. The van der Waals surface area contributed by atoms with Crippen LogP contribution in [0.2, 0.25) is 0 Å². The lowest BCUT2D eigenvalue weighted by molar-refractivity contribution is 0.0219. The van der Waals surface area contributed by atoms with Crippen LogP contribution in [-0.2, 0) is 4.74 Å². The molecule has 2 atom stereocenters. The molecule has 1 N–H and O–H groups in total. The maximum absolute atomic E-state index is 5.64. The van der Waals surface area contributed by atoms with Crippen LogP contribution in [0.5, 0.6) is 0 Å². The van der Waals surface area contributed by atoms with Crippen LogP contribution in [0.15, 0.2) is 12.5 Å². The molecule has 0 aliphatic carbocycles. The van der Waals surface area contributed by atoms with Crippen molar-refractivity contribution < 1.29 is 4.74 Å². The fourth-order valence-electron chi connectivity index (χ4n) is 2.23. The van der Waals surface area contributed by atoms with Gasteiger partial charge in [-0.3, -0.25) is 4.90 Å². The van der Waals surface area contributed by atoms with E-state index < -0.39 is 0 Å². The Morgan fingerprint density at radius 1 is 1.50 bits per heavy atom. The standard InChI is InChI=1S/C11H20N2O/c1-8-12-9-5-6-13(11(2,3)4)7-10(9)14-8/h9-10,12H,1,5-7H2,2-4H3. The summed E-state index contributed by atoms with van der Waals surface area (Å²) in [5.41, 5.74) is 0.248. The van der Waals surface area contributed by atoms with E-state index in [1.165, 1.54) is 0 Å². The van der Waals surface area contributed by atoms with Gasteiger partial charge in [0.1, 0.15) is 6.10 Å². The average molecular weight is 196 g/mol. The fourth-order valence-corrected chi connectivity index (χ4v) is 2.23. The molecule has 2 saturated heterocycles. The van der Waals surface area contributed by atoms with E-state index in [9.17, 15) is 0 Å².